The molecule has 3 heterocycles. The van der Waals surface area contributed by atoms with Gasteiger partial charge in [-0.3, -0.25) is 0 Å². The Labute approximate surface area is 104 Å². The molecular weight excluding hydrogens is 222 g/mol. The van der Waals surface area contributed by atoms with Gasteiger partial charge in [-0.1, -0.05) is 24.3 Å². The number of imidazole rings is 1. The van der Waals surface area contributed by atoms with Gasteiger partial charge in [0.2, 0.25) is 0 Å². The molecule has 3 aromatic heterocycles. The van der Waals surface area contributed by atoms with E-state index in [2.05, 4.69) is 40.3 Å². The Kier molecular flexibility index (Phi) is 1.83. The zero-order valence-corrected chi connectivity index (χ0v) is 9.67. The normalized spacial score (nSPS) is 11.3. The van der Waals surface area contributed by atoms with Crippen LogP contribution in [-0.4, -0.2) is 14.4 Å². The molecule has 0 unspecified atom stereocenters. The minimum absolute atomic E-state index is 1.13. The molecule has 3 nitrogen and oxygen atoms in total. The lowest BCUT2D eigenvalue weighted by Gasteiger charge is -2.06. The van der Waals surface area contributed by atoms with Crippen molar-refractivity contribution in [3.8, 4) is 11.1 Å². The highest BCUT2D eigenvalue weighted by Gasteiger charge is 2.08. The molecule has 0 atom stereocenters. The summed E-state index contributed by atoms with van der Waals surface area (Å²) in [6.45, 7) is 0. The highest BCUT2D eigenvalue weighted by atomic mass is 15.0. The number of aromatic amines is 1. The fourth-order valence-electron chi connectivity index (χ4n) is 2.50. The van der Waals surface area contributed by atoms with E-state index < -0.39 is 0 Å². The number of hydrogen-bond acceptors (Lipinski definition) is 1. The van der Waals surface area contributed by atoms with Crippen LogP contribution >= 0.6 is 0 Å². The zero-order valence-electron chi connectivity index (χ0n) is 9.67. The number of nitrogens with one attached hydrogen (secondary N) is 1. The number of benzene rings is 1. The number of aromatic nitrogens is 3. The number of hydrogen-bond donors (Lipinski definition) is 1. The third kappa shape index (κ3) is 1.21. The van der Waals surface area contributed by atoms with E-state index in [0.717, 1.165) is 5.52 Å². The maximum Gasteiger partial charge on any atom is 0.0992 e. The van der Waals surface area contributed by atoms with Gasteiger partial charge in [-0.2, -0.15) is 0 Å². The highest BCUT2D eigenvalue weighted by Crippen LogP contribution is 2.31. The van der Waals surface area contributed by atoms with Gasteiger partial charge < -0.3 is 9.38 Å². The van der Waals surface area contributed by atoms with Crippen LogP contribution in [0.4, 0.5) is 0 Å². The van der Waals surface area contributed by atoms with Gasteiger partial charge in [0, 0.05) is 29.5 Å². The molecule has 0 fully saturated rings. The van der Waals surface area contributed by atoms with Crippen molar-refractivity contribution in [2.45, 2.75) is 0 Å². The average Bonchev–Trinajstić information content (AvgIpc) is 3.06. The maximum absolute atomic E-state index is 4.21. The first kappa shape index (κ1) is 9.48. The van der Waals surface area contributed by atoms with Gasteiger partial charge >= 0.3 is 0 Å². The standard InChI is InChI=1S/C15H11N3/c1-3-11-7-16-8-14(11)12(4-1)13-5-2-6-18-10-17-9-15(13)18/h1-10,16H. The summed E-state index contributed by atoms with van der Waals surface area (Å²) in [4.78, 5) is 7.38. The Bertz CT molecular complexity index is 767. The number of pyridine rings is 1. The first-order valence-corrected chi connectivity index (χ1v) is 5.90. The molecule has 0 radical (unpaired) electrons. The van der Waals surface area contributed by atoms with Crippen molar-refractivity contribution in [1.82, 2.24) is 14.4 Å². The van der Waals surface area contributed by atoms with Crippen LogP contribution < -0.4 is 0 Å². The summed E-state index contributed by atoms with van der Waals surface area (Å²) in [6.07, 6.45) is 9.82. The van der Waals surface area contributed by atoms with E-state index in [4.69, 9.17) is 0 Å². The second-order valence-electron chi connectivity index (χ2n) is 4.37. The smallest absolute Gasteiger partial charge is 0.0992 e. The molecule has 0 bridgehead atoms. The second-order valence-corrected chi connectivity index (χ2v) is 4.37. The van der Waals surface area contributed by atoms with Crippen molar-refractivity contribution in [3.05, 3.63) is 61.4 Å². The summed E-state index contributed by atoms with van der Waals surface area (Å²) in [5, 5.41) is 2.47. The lowest BCUT2D eigenvalue weighted by molar-refractivity contribution is 1.16. The summed E-state index contributed by atoms with van der Waals surface area (Å²) in [5.41, 5.74) is 3.58. The first-order valence-electron chi connectivity index (χ1n) is 5.90. The summed E-state index contributed by atoms with van der Waals surface area (Å²) < 4.78 is 2.04. The monoisotopic (exact) mass is 233 g/mol. The molecule has 1 N–H and O–H groups in total. The third-order valence-corrected chi connectivity index (χ3v) is 3.35. The number of rotatable bonds is 1. The fraction of sp³-hybridized carbons (Fsp3) is 0. The van der Waals surface area contributed by atoms with E-state index in [-0.39, 0.29) is 0 Å². The predicted molar refractivity (Wildman–Crippen MR) is 72.5 cm³/mol. The van der Waals surface area contributed by atoms with E-state index in [9.17, 15) is 0 Å². The molecule has 0 aliphatic heterocycles. The predicted octanol–water partition coefficient (Wildman–Crippen LogP) is 3.48. The van der Waals surface area contributed by atoms with Crippen LogP contribution in [0.1, 0.15) is 0 Å². The van der Waals surface area contributed by atoms with Crippen LogP contribution in [0.5, 0.6) is 0 Å². The lowest BCUT2D eigenvalue weighted by Crippen LogP contribution is -1.85. The average molecular weight is 233 g/mol. The topological polar surface area (TPSA) is 33.1 Å². The van der Waals surface area contributed by atoms with Crippen LogP contribution in [0, 0.1) is 0 Å². The van der Waals surface area contributed by atoms with Gasteiger partial charge in [0.05, 0.1) is 18.0 Å². The molecule has 0 saturated carbocycles. The van der Waals surface area contributed by atoms with Gasteiger partial charge in [0.15, 0.2) is 0 Å². The van der Waals surface area contributed by atoms with E-state index in [1.807, 2.05) is 35.5 Å². The Balaban J connectivity index is 2.13. The van der Waals surface area contributed by atoms with Crippen molar-refractivity contribution in [2.75, 3.05) is 0 Å². The summed E-state index contributed by atoms with van der Waals surface area (Å²) in [6, 6.07) is 10.5. The Morgan fingerprint density at radius 1 is 1.00 bits per heavy atom. The molecule has 18 heavy (non-hydrogen) atoms. The Morgan fingerprint density at radius 3 is 2.94 bits per heavy atom. The maximum atomic E-state index is 4.21. The van der Waals surface area contributed by atoms with Crippen LogP contribution in [0.25, 0.3) is 27.4 Å². The first-order chi connectivity index (χ1) is 8.93. The molecular formula is C15H11N3. The van der Waals surface area contributed by atoms with Gasteiger partial charge in [0.1, 0.15) is 0 Å². The minimum Gasteiger partial charge on any atom is -0.366 e. The molecule has 1 aromatic carbocycles. The van der Waals surface area contributed by atoms with Crippen LogP contribution in [0.3, 0.4) is 0 Å². The van der Waals surface area contributed by atoms with Gasteiger partial charge in [-0.25, -0.2) is 4.98 Å². The van der Waals surface area contributed by atoms with Crippen molar-refractivity contribution in [2.24, 2.45) is 0 Å². The second kappa shape index (κ2) is 3.47. The summed E-state index contributed by atoms with van der Waals surface area (Å²) in [7, 11) is 0. The lowest BCUT2D eigenvalue weighted by atomic mass is 10.0. The summed E-state index contributed by atoms with van der Waals surface area (Å²) in [5.74, 6) is 0. The quantitative estimate of drug-likeness (QED) is 0.536. The zero-order chi connectivity index (χ0) is 11.9. The Morgan fingerprint density at radius 2 is 1.94 bits per heavy atom. The molecule has 3 heteroatoms. The summed E-state index contributed by atoms with van der Waals surface area (Å²) >= 11 is 0. The largest absolute Gasteiger partial charge is 0.366 e. The van der Waals surface area contributed by atoms with Crippen molar-refractivity contribution >= 4 is 16.3 Å². The molecule has 4 aromatic rings. The highest BCUT2D eigenvalue weighted by molar-refractivity contribution is 5.99. The van der Waals surface area contributed by atoms with E-state index in [1.165, 1.54) is 21.9 Å². The molecule has 0 spiro atoms. The SMILES string of the molecule is c1cc(-c2cccn3cncc23)c2c[nH]cc2c1. The van der Waals surface area contributed by atoms with Crippen molar-refractivity contribution < 1.29 is 0 Å². The number of H-pyrrole nitrogens is 1. The molecule has 4 rings (SSSR count). The molecule has 0 saturated heterocycles. The van der Waals surface area contributed by atoms with Gasteiger partial charge in [-0.15, -0.1) is 0 Å². The van der Waals surface area contributed by atoms with E-state index in [0.29, 0.717) is 0 Å². The van der Waals surface area contributed by atoms with Crippen LogP contribution in [-0.2, 0) is 0 Å². The molecule has 0 aliphatic rings. The van der Waals surface area contributed by atoms with E-state index >= 15 is 0 Å². The number of nitrogens with zero attached hydrogens (tertiary/aromatic N) is 2. The van der Waals surface area contributed by atoms with Crippen molar-refractivity contribution in [1.29, 1.82) is 0 Å². The molecule has 0 aliphatic carbocycles. The molecule has 0 amide bonds. The Hall–Kier alpha value is -2.55. The fourth-order valence-corrected chi connectivity index (χ4v) is 2.50. The number of fused-ring (bicyclic) bond motifs is 2. The van der Waals surface area contributed by atoms with Gasteiger partial charge in [0.25, 0.3) is 0 Å². The third-order valence-electron chi connectivity index (χ3n) is 3.35. The van der Waals surface area contributed by atoms with Crippen molar-refractivity contribution in [3.63, 3.8) is 0 Å². The minimum atomic E-state index is 1.13. The van der Waals surface area contributed by atoms with E-state index in [1.54, 1.807) is 0 Å². The van der Waals surface area contributed by atoms with Crippen LogP contribution in [0.15, 0.2) is 61.4 Å². The van der Waals surface area contributed by atoms with Crippen LogP contribution in [0.2, 0.25) is 0 Å². The van der Waals surface area contributed by atoms with Gasteiger partial charge in [-0.05, 0) is 17.0 Å². The molecule has 86 valence electrons.